The molecule has 1 N–H and O–H groups in total. The Kier molecular flexibility index (Phi) is 2.40. The zero-order valence-electron chi connectivity index (χ0n) is 9.74. The fourth-order valence-corrected chi connectivity index (χ4v) is 2.97. The van der Waals surface area contributed by atoms with Crippen molar-refractivity contribution in [1.29, 1.82) is 0 Å². The van der Waals surface area contributed by atoms with Crippen LogP contribution in [0.15, 0.2) is 18.2 Å². The van der Waals surface area contributed by atoms with E-state index in [0.717, 1.165) is 25.2 Å². The van der Waals surface area contributed by atoms with Crippen LogP contribution in [0.5, 0.6) is 0 Å². The summed E-state index contributed by atoms with van der Waals surface area (Å²) in [4.78, 5) is 13.9. The smallest absolute Gasteiger partial charge is 0.253 e. The number of halogens is 1. The average Bonchev–Trinajstić information content (AvgIpc) is 2.72. The zero-order chi connectivity index (χ0) is 12.0. The minimum Gasteiger partial charge on any atom is -0.341 e. The number of benzene rings is 1. The molecule has 1 saturated heterocycles. The van der Waals surface area contributed by atoms with Crippen LogP contribution in [0.1, 0.15) is 21.8 Å². The fraction of sp³-hybridized carbons (Fsp3) is 0.462. The van der Waals surface area contributed by atoms with Crippen LogP contribution in [0.4, 0.5) is 4.39 Å². The molecule has 0 aromatic heterocycles. The number of amides is 1. The van der Waals surface area contributed by atoms with Crippen LogP contribution in [-0.2, 0) is 0 Å². The molecule has 0 bridgehead atoms. The number of hydrogen-bond donors (Lipinski definition) is 1. The molecular formula is C13H15FN2O. The first-order valence-corrected chi connectivity index (χ1v) is 5.92. The maximum absolute atomic E-state index is 13.3. The predicted octanol–water partition coefficient (Wildman–Crippen LogP) is 1.21. The Bertz CT molecular complexity index is 474. The lowest BCUT2D eigenvalue weighted by Gasteiger charge is -2.19. The summed E-state index contributed by atoms with van der Waals surface area (Å²) < 4.78 is 13.3. The van der Waals surface area contributed by atoms with Crippen molar-refractivity contribution in [3.8, 4) is 0 Å². The van der Waals surface area contributed by atoms with Crippen molar-refractivity contribution in [2.24, 2.45) is 5.92 Å². The van der Waals surface area contributed by atoms with Crippen molar-refractivity contribution in [3.05, 3.63) is 35.1 Å². The minimum absolute atomic E-state index is 0.0612. The molecule has 1 amide bonds. The molecule has 90 valence electrons. The van der Waals surface area contributed by atoms with Crippen LogP contribution < -0.4 is 5.32 Å². The van der Waals surface area contributed by atoms with Gasteiger partial charge in [0, 0.05) is 38.2 Å². The molecule has 2 aliphatic heterocycles. The van der Waals surface area contributed by atoms with E-state index in [1.54, 1.807) is 18.0 Å². The standard InChI is InChI=1S/C13H15FN2O/c1-16-7-8-5-15-6-12(8)10-3-2-9(14)4-11(10)13(16)17/h2-4,8,12,15H,5-7H2,1H3/t8-,12+/m1/s1. The lowest BCUT2D eigenvalue weighted by Crippen LogP contribution is -2.31. The molecule has 2 atom stereocenters. The number of fused-ring (bicyclic) bond motifs is 3. The highest BCUT2D eigenvalue weighted by Crippen LogP contribution is 2.34. The van der Waals surface area contributed by atoms with Gasteiger partial charge in [0.05, 0.1) is 0 Å². The molecule has 4 heteroatoms. The van der Waals surface area contributed by atoms with Gasteiger partial charge in [0.2, 0.25) is 0 Å². The monoisotopic (exact) mass is 234 g/mol. The summed E-state index contributed by atoms with van der Waals surface area (Å²) in [5.74, 6) is 0.374. The van der Waals surface area contributed by atoms with E-state index < -0.39 is 0 Å². The normalized spacial score (nSPS) is 27.6. The van der Waals surface area contributed by atoms with Gasteiger partial charge < -0.3 is 10.2 Å². The maximum atomic E-state index is 13.3. The van der Waals surface area contributed by atoms with Crippen molar-refractivity contribution in [1.82, 2.24) is 10.2 Å². The highest BCUT2D eigenvalue weighted by molar-refractivity contribution is 5.96. The molecule has 0 unspecified atom stereocenters. The molecule has 0 aliphatic carbocycles. The van der Waals surface area contributed by atoms with E-state index in [1.807, 2.05) is 0 Å². The lowest BCUT2D eigenvalue weighted by atomic mass is 9.87. The molecule has 1 aromatic rings. The van der Waals surface area contributed by atoms with Gasteiger partial charge in [-0.05, 0) is 23.6 Å². The van der Waals surface area contributed by atoms with Crippen LogP contribution in [-0.4, -0.2) is 37.5 Å². The van der Waals surface area contributed by atoms with Gasteiger partial charge in [-0.1, -0.05) is 6.07 Å². The molecule has 2 heterocycles. The third-order valence-corrected chi connectivity index (χ3v) is 3.84. The highest BCUT2D eigenvalue weighted by Gasteiger charge is 2.36. The summed E-state index contributed by atoms with van der Waals surface area (Å²) in [7, 11) is 1.79. The Morgan fingerprint density at radius 2 is 2.24 bits per heavy atom. The van der Waals surface area contributed by atoms with Crippen LogP contribution >= 0.6 is 0 Å². The minimum atomic E-state index is -0.338. The van der Waals surface area contributed by atoms with E-state index in [4.69, 9.17) is 0 Å². The molecule has 0 saturated carbocycles. The van der Waals surface area contributed by atoms with Gasteiger partial charge >= 0.3 is 0 Å². The summed E-state index contributed by atoms with van der Waals surface area (Å²) in [6.07, 6.45) is 0. The van der Waals surface area contributed by atoms with Crippen LogP contribution in [0, 0.1) is 11.7 Å². The summed E-state index contributed by atoms with van der Waals surface area (Å²) in [5.41, 5.74) is 1.53. The Morgan fingerprint density at radius 1 is 1.41 bits per heavy atom. The van der Waals surface area contributed by atoms with Crippen molar-refractivity contribution in [2.75, 3.05) is 26.7 Å². The molecule has 3 nitrogen and oxygen atoms in total. The quantitative estimate of drug-likeness (QED) is 0.732. The second-order valence-corrected chi connectivity index (χ2v) is 4.94. The zero-order valence-corrected chi connectivity index (χ0v) is 9.74. The molecule has 1 fully saturated rings. The lowest BCUT2D eigenvalue weighted by molar-refractivity contribution is 0.0784. The summed E-state index contributed by atoms with van der Waals surface area (Å²) in [6.45, 7) is 2.55. The molecule has 2 aliphatic rings. The molecule has 17 heavy (non-hydrogen) atoms. The van der Waals surface area contributed by atoms with Crippen molar-refractivity contribution < 1.29 is 9.18 Å². The second-order valence-electron chi connectivity index (χ2n) is 4.94. The van der Waals surface area contributed by atoms with Gasteiger partial charge in [0.25, 0.3) is 5.91 Å². The first-order valence-electron chi connectivity index (χ1n) is 5.92. The van der Waals surface area contributed by atoms with Gasteiger partial charge in [-0.3, -0.25) is 4.79 Å². The van der Waals surface area contributed by atoms with Gasteiger partial charge in [-0.25, -0.2) is 4.39 Å². The van der Waals surface area contributed by atoms with Crippen LogP contribution in [0.25, 0.3) is 0 Å². The first-order chi connectivity index (χ1) is 8.16. The van der Waals surface area contributed by atoms with E-state index in [1.165, 1.54) is 12.1 Å². The largest absolute Gasteiger partial charge is 0.341 e. The predicted molar refractivity (Wildman–Crippen MR) is 62.5 cm³/mol. The number of carbonyl (C=O) groups is 1. The first kappa shape index (κ1) is 10.7. The topological polar surface area (TPSA) is 32.3 Å². The number of hydrogen-bond acceptors (Lipinski definition) is 2. The van der Waals surface area contributed by atoms with Crippen LogP contribution in [0.2, 0.25) is 0 Å². The molecular weight excluding hydrogens is 219 g/mol. The molecule has 3 rings (SSSR count). The average molecular weight is 234 g/mol. The number of rotatable bonds is 0. The van der Waals surface area contributed by atoms with Gasteiger partial charge in [0.15, 0.2) is 0 Å². The van der Waals surface area contributed by atoms with Gasteiger partial charge in [-0.15, -0.1) is 0 Å². The third-order valence-electron chi connectivity index (χ3n) is 3.84. The highest BCUT2D eigenvalue weighted by atomic mass is 19.1. The SMILES string of the molecule is CN1C[C@H]2CNC[C@@H]2c2ccc(F)cc2C1=O. The Balaban J connectivity index is 2.15. The molecule has 1 aromatic carbocycles. The van der Waals surface area contributed by atoms with E-state index in [-0.39, 0.29) is 11.7 Å². The number of carbonyl (C=O) groups excluding carboxylic acids is 1. The van der Waals surface area contributed by atoms with E-state index in [9.17, 15) is 9.18 Å². The molecule has 0 spiro atoms. The van der Waals surface area contributed by atoms with Crippen LogP contribution in [0.3, 0.4) is 0 Å². The van der Waals surface area contributed by atoms with Crippen molar-refractivity contribution in [2.45, 2.75) is 5.92 Å². The van der Waals surface area contributed by atoms with Crippen molar-refractivity contribution in [3.63, 3.8) is 0 Å². The van der Waals surface area contributed by atoms with Crippen molar-refractivity contribution >= 4 is 5.91 Å². The number of nitrogens with one attached hydrogen (secondary N) is 1. The van der Waals surface area contributed by atoms with E-state index in [0.29, 0.717) is 17.4 Å². The van der Waals surface area contributed by atoms with E-state index >= 15 is 0 Å². The Hall–Kier alpha value is -1.42. The fourth-order valence-electron chi connectivity index (χ4n) is 2.97. The second kappa shape index (κ2) is 3.81. The number of nitrogens with zero attached hydrogens (tertiary/aromatic N) is 1. The van der Waals surface area contributed by atoms with Gasteiger partial charge in [-0.2, -0.15) is 0 Å². The van der Waals surface area contributed by atoms with Gasteiger partial charge in [0.1, 0.15) is 5.82 Å². The summed E-state index contributed by atoms with van der Waals surface area (Å²) >= 11 is 0. The Labute approximate surface area is 99.6 Å². The maximum Gasteiger partial charge on any atom is 0.253 e. The third kappa shape index (κ3) is 1.63. The summed E-state index contributed by atoms with van der Waals surface area (Å²) in [6, 6.07) is 4.59. The Morgan fingerprint density at radius 3 is 3.06 bits per heavy atom. The summed E-state index contributed by atoms with van der Waals surface area (Å²) in [5, 5.41) is 3.35. The van der Waals surface area contributed by atoms with E-state index in [2.05, 4.69) is 5.32 Å². The molecule has 0 radical (unpaired) electrons.